The van der Waals surface area contributed by atoms with E-state index < -0.39 is 6.04 Å². The van der Waals surface area contributed by atoms with Gasteiger partial charge >= 0.3 is 0 Å². The molecule has 0 aliphatic heterocycles. The van der Waals surface area contributed by atoms with Crippen molar-refractivity contribution in [2.75, 3.05) is 13.2 Å². The molecule has 0 aliphatic rings. The quantitative estimate of drug-likeness (QED) is 0.540. The van der Waals surface area contributed by atoms with Gasteiger partial charge in [-0.15, -0.1) is 0 Å². The standard InChI is InChI=1S/C10H22N2O2/c1-8(11)9(14)12-6-4-5-10(2,3)7-13/h8,13H,4-7,11H2,1-3H3,(H,12,14). The lowest BCUT2D eigenvalue weighted by Crippen LogP contribution is -2.38. The molecule has 0 bridgehead atoms. The first-order valence-electron chi connectivity index (χ1n) is 5.03. The van der Waals surface area contributed by atoms with Crippen LogP contribution in [0.1, 0.15) is 33.6 Å². The second-order valence-electron chi connectivity index (χ2n) is 4.51. The van der Waals surface area contributed by atoms with Crippen LogP contribution in [0.15, 0.2) is 0 Å². The first kappa shape index (κ1) is 13.4. The van der Waals surface area contributed by atoms with Gasteiger partial charge in [0.25, 0.3) is 0 Å². The number of carbonyl (C=O) groups is 1. The van der Waals surface area contributed by atoms with E-state index >= 15 is 0 Å². The van der Waals surface area contributed by atoms with Gasteiger partial charge in [-0.1, -0.05) is 13.8 Å². The van der Waals surface area contributed by atoms with Gasteiger partial charge in [0.15, 0.2) is 0 Å². The molecule has 84 valence electrons. The normalized spacial score (nSPS) is 13.8. The minimum atomic E-state index is -0.444. The van der Waals surface area contributed by atoms with E-state index in [0.29, 0.717) is 6.54 Å². The maximum Gasteiger partial charge on any atom is 0.236 e. The highest BCUT2D eigenvalue weighted by molar-refractivity contribution is 5.80. The molecule has 4 heteroatoms. The van der Waals surface area contributed by atoms with Gasteiger partial charge in [-0.3, -0.25) is 4.79 Å². The van der Waals surface area contributed by atoms with Crippen LogP contribution in [0.5, 0.6) is 0 Å². The van der Waals surface area contributed by atoms with Gasteiger partial charge in [-0.2, -0.15) is 0 Å². The largest absolute Gasteiger partial charge is 0.396 e. The van der Waals surface area contributed by atoms with Gasteiger partial charge in [0.2, 0.25) is 5.91 Å². The Morgan fingerprint density at radius 2 is 2.14 bits per heavy atom. The fourth-order valence-corrected chi connectivity index (χ4v) is 1.02. The zero-order valence-corrected chi connectivity index (χ0v) is 9.34. The lowest BCUT2D eigenvalue weighted by Gasteiger charge is -2.21. The summed E-state index contributed by atoms with van der Waals surface area (Å²) in [7, 11) is 0. The fraction of sp³-hybridized carbons (Fsp3) is 0.900. The molecule has 0 rings (SSSR count). The number of nitrogens with two attached hydrogens (primary N) is 1. The molecule has 1 unspecified atom stereocenters. The molecule has 14 heavy (non-hydrogen) atoms. The van der Waals surface area contributed by atoms with Crippen LogP contribution in [0.2, 0.25) is 0 Å². The number of hydrogen-bond acceptors (Lipinski definition) is 3. The number of carbonyl (C=O) groups excluding carboxylic acids is 1. The smallest absolute Gasteiger partial charge is 0.236 e. The van der Waals surface area contributed by atoms with Gasteiger partial charge in [-0.05, 0) is 25.2 Å². The lowest BCUT2D eigenvalue weighted by molar-refractivity contribution is -0.122. The van der Waals surface area contributed by atoms with E-state index in [9.17, 15) is 4.79 Å². The van der Waals surface area contributed by atoms with Crippen molar-refractivity contribution in [2.45, 2.75) is 39.7 Å². The lowest BCUT2D eigenvalue weighted by atomic mass is 9.89. The second-order valence-corrected chi connectivity index (χ2v) is 4.51. The Kier molecular flexibility index (Phi) is 5.72. The minimum Gasteiger partial charge on any atom is -0.396 e. The predicted octanol–water partition coefficient (Wildman–Crippen LogP) is 0.248. The third-order valence-corrected chi connectivity index (χ3v) is 2.17. The summed E-state index contributed by atoms with van der Waals surface area (Å²) in [5.41, 5.74) is 5.32. The van der Waals surface area contributed by atoms with Gasteiger partial charge in [0.1, 0.15) is 0 Å². The van der Waals surface area contributed by atoms with Crippen LogP contribution in [0.3, 0.4) is 0 Å². The van der Waals surface area contributed by atoms with Gasteiger partial charge in [0, 0.05) is 13.2 Å². The topological polar surface area (TPSA) is 75.4 Å². The number of hydrogen-bond donors (Lipinski definition) is 3. The second kappa shape index (κ2) is 5.98. The van der Waals surface area contributed by atoms with E-state index in [1.54, 1.807) is 6.92 Å². The van der Waals surface area contributed by atoms with Gasteiger partial charge in [-0.25, -0.2) is 0 Å². The van der Waals surface area contributed by atoms with Crippen molar-refractivity contribution in [3.8, 4) is 0 Å². The molecule has 0 fully saturated rings. The molecule has 4 nitrogen and oxygen atoms in total. The Hall–Kier alpha value is -0.610. The summed E-state index contributed by atoms with van der Waals surface area (Å²) >= 11 is 0. The van der Waals surface area contributed by atoms with Crippen LogP contribution in [0.25, 0.3) is 0 Å². The third kappa shape index (κ3) is 5.94. The van der Waals surface area contributed by atoms with Crippen LogP contribution in [0, 0.1) is 5.41 Å². The van der Waals surface area contributed by atoms with Crippen LogP contribution >= 0.6 is 0 Å². The van der Waals surface area contributed by atoms with Crippen LogP contribution in [0.4, 0.5) is 0 Å². The molecule has 0 radical (unpaired) electrons. The summed E-state index contributed by atoms with van der Waals surface area (Å²) in [5, 5.41) is 11.7. The SMILES string of the molecule is CC(N)C(=O)NCCCC(C)(C)CO. The molecular formula is C10H22N2O2. The van der Waals surface area contributed by atoms with Crippen LogP contribution < -0.4 is 11.1 Å². The van der Waals surface area contributed by atoms with Crippen molar-refractivity contribution in [3.63, 3.8) is 0 Å². The highest BCUT2D eigenvalue weighted by Crippen LogP contribution is 2.20. The first-order valence-corrected chi connectivity index (χ1v) is 5.03. The van der Waals surface area contributed by atoms with E-state index in [2.05, 4.69) is 5.32 Å². The van der Waals surface area contributed by atoms with Crippen molar-refractivity contribution in [1.82, 2.24) is 5.32 Å². The Morgan fingerprint density at radius 1 is 1.57 bits per heavy atom. The summed E-state index contributed by atoms with van der Waals surface area (Å²) in [6.45, 7) is 6.46. The average Bonchev–Trinajstić information content (AvgIpc) is 2.12. The molecule has 0 aliphatic carbocycles. The summed E-state index contributed by atoms with van der Waals surface area (Å²) in [6, 6.07) is -0.444. The van der Waals surface area contributed by atoms with Crippen molar-refractivity contribution in [1.29, 1.82) is 0 Å². The maximum absolute atomic E-state index is 11.1. The predicted molar refractivity (Wildman–Crippen MR) is 56.8 cm³/mol. The Balaban J connectivity index is 3.52. The zero-order chi connectivity index (χ0) is 11.2. The van der Waals surface area contributed by atoms with E-state index in [1.807, 2.05) is 13.8 Å². The third-order valence-electron chi connectivity index (χ3n) is 2.17. The summed E-state index contributed by atoms with van der Waals surface area (Å²) in [6.07, 6.45) is 1.76. The summed E-state index contributed by atoms with van der Waals surface area (Å²) in [5.74, 6) is -0.119. The van der Waals surface area contributed by atoms with E-state index in [0.717, 1.165) is 12.8 Å². The number of rotatable bonds is 6. The zero-order valence-electron chi connectivity index (χ0n) is 9.34. The molecule has 0 heterocycles. The molecule has 4 N–H and O–H groups in total. The number of amides is 1. The maximum atomic E-state index is 11.1. The highest BCUT2D eigenvalue weighted by atomic mass is 16.3. The summed E-state index contributed by atoms with van der Waals surface area (Å²) < 4.78 is 0. The van der Waals surface area contributed by atoms with Crippen molar-refractivity contribution < 1.29 is 9.90 Å². The Labute approximate surface area is 85.9 Å². The molecule has 0 saturated carbocycles. The van der Waals surface area contributed by atoms with Crippen LogP contribution in [-0.2, 0) is 4.79 Å². The highest BCUT2D eigenvalue weighted by Gasteiger charge is 2.15. The van der Waals surface area contributed by atoms with Gasteiger partial charge < -0.3 is 16.2 Å². The minimum absolute atomic E-state index is 0.0565. The molecular weight excluding hydrogens is 180 g/mol. The Bertz CT molecular complexity index is 179. The van der Waals surface area contributed by atoms with E-state index in [-0.39, 0.29) is 17.9 Å². The molecule has 0 saturated heterocycles. The molecule has 0 aromatic carbocycles. The summed E-state index contributed by atoms with van der Waals surface area (Å²) in [4.78, 5) is 11.1. The van der Waals surface area contributed by atoms with Gasteiger partial charge in [0.05, 0.1) is 6.04 Å². The van der Waals surface area contributed by atoms with Crippen molar-refractivity contribution in [3.05, 3.63) is 0 Å². The molecule has 1 atom stereocenters. The number of aliphatic hydroxyl groups is 1. The average molecular weight is 202 g/mol. The van der Waals surface area contributed by atoms with E-state index in [4.69, 9.17) is 10.8 Å². The Morgan fingerprint density at radius 3 is 2.57 bits per heavy atom. The van der Waals surface area contributed by atoms with E-state index in [1.165, 1.54) is 0 Å². The molecule has 1 amide bonds. The number of aliphatic hydroxyl groups excluding tert-OH is 1. The van der Waals surface area contributed by atoms with Crippen LogP contribution in [-0.4, -0.2) is 30.2 Å². The van der Waals surface area contributed by atoms with Crippen molar-refractivity contribution >= 4 is 5.91 Å². The van der Waals surface area contributed by atoms with Crippen molar-refractivity contribution in [2.24, 2.45) is 11.1 Å². The molecule has 0 aromatic heterocycles. The molecule has 0 spiro atoms. The number of nitrogens with one attached hydrogen (secondary N) is 1. The monoisotopic (exact) mass is 202 g/mol. The molecule has 0 aromatic rings. The fourth-order valence-electron chi connectivity index (χ4n) is 1.02. The first-order chi connectivity index (χ1) is 6.39.